The highest BCUT2D eigenvalue weighted by Crippen LogP contribution is 2.34. The van der Waals surface area contributed by atoms with Crippen LogP contribution in [-0.2, 0) is 0 Å². The summed E-state index contributed by atoms with van der Waals surface area (Å²) in [5, 5.41) is 10.8. The largest absolute Gasteiger partial charge is 0.486 e. The van der Waals surface area contributed by atoms with Gasteiger partial charge in [0, 0.05) is 37.0 Å². The highest BCUT2D eigenvalue weighted by molar-refractivity contribution is 5.85. The molecule has 128 valence electrons. The molecule has 4 rings (SSSR count). The van der Waals surface area contributed by atoms with Crippen molar-refractivity contribution in [2.24, 2.45) is 11.7 Å². The summed E-state index contributed by atoms with van der Waals surface area (Å²) in [7, 11) is 0. The number of ether oxygens (including phenoxy) is 1. The molecule has 2 aromatic rings. The maximum atomic E-state index is 14.0. The van der Waals surface area contributed by atoms with E-state index in [1.54, 1.807) is 16.7 Å². The van der Waals surface area contributed by atoms with Gasteiger partial charge in [0.05, 0.1) is 17.7 Å². The first-order valence-electron chi connectivity index (χ1n) is 8.15. The molecule has 3 atom stereocenters. The van der Waals surface area contributed by atoms with Gasteiger partial charge in [-0.2, -0.15) is 0 Å². The smallest absolute Gasteiger partial charge is 0.251 e. The number of aliphatic hydroxyl groups excluding tert-OH is 1. The lowest BCUT2D eigenvalue weighted by atomic mass is 10.1. The number of nitrogens with zero attached hydrogens (tertiary/aromatic N) is 2. The first kappa shape index (κ1) is 15.6. The second-order valence-electron chi connectivity index (χ2n) is 6.60. The molecule has 0 radical (unpaired) electrons. The van der Waals surface area contributed by atoms with Crippen molar-refractivity contribution in [2.45, 2.75) is 12.1 Å². The molecule has 0 spiro atoms. The number of aromatic nitrogens is 1. The zero-order valence-corrected chi connectivity index (χ0v) is 13.2. The zero-order valence-electron chi connectivity index (χ0n) is 13.2. The summed E-state index contributed by atoms with van der Waals surface area (Å²) in [6, 6.07) is 5.98. The lowest BCUT2D eigenvalue weighted by Gasteiger charge is -2.31. The molecule has 0 saturated carbocycles. The summed E-state index contributed by atoms with van der Waals surface area (Å²) < 4.78 is 21.3. The third-order valence-corrected chi connectivity index (χ3v) is 5.04. The van der Waals surface area contributed by atoms with Gasteiger partial charge in [-0.3, -0.25) is 14.3 Å². The summed E-state index contributed by atoms with van der Waals surface area (Å²) in [4.78, 5) is 14.5. The first-order chi connectivity index (χ1) is 11.6. The SMILES string of the molecule is NC[C@H]1CN(C[C@@H]2COc3c(F)ccc4ccc(=O)n2c34)C[C@H]1O. The minimum Gasteiger partial charge on any atom is -0.486 e. The molecular weight excluding hydrogens is 313 g/mol. The van der Waals surface area contributed by atoms with Crippen LogP contribution in [0.3, 0.4) is 0 Å². The number of β-amino-alcohol motifs (C(OH)–C–C–N with tert-alkyl or cyclic N) is 1. The fraction of sp³-hybridized carbons (Fsp3) is 0.471. The van der Waals surface area contributed by atoms with Crippen LogP contribution in [0.25, 0.3) is 10.9 Å². The standard InChI is InChI=1S/C17H20FN3O3/c18-13-3-1-10-2-4-15(23)21-12(9-24-17(13)16(10)21)7-20-6-11(5-19)14(22)8-20/h1-4,11-12,14,22H,5-9,19H2/t11-,12+,14+/m0/s1. The Bertz CT molecular complexity index is 838. The quantitative estimate of drug-likeness (QED) is 0.846. The van der Waals surface area contributed by atoms with Crippen molar-refractivity contribution in [1.82, 2.24) is 9.47 Å². The lowest BCUT2D eigenvalue weighted by molar-refractivity contribution is 0.137. The molecule has 1 fully saturated rings. The molecule has 1 saturated heterocycles. The van der Waals surface area contributed by atoms with Gasteiger partial charge in [0.2, 0.25) is 0 Å². The van der Waals surface area contributed by atoms with Crippen molar-refractivity contribution in [2.75, 3.05) is 32.8 Å². The zero-order chi connectivity index (χ0) is 16.8. The van der Waals surface area contributed by atoms with Gasteiger partial charge in [0.1, 0.15) is 6.61 Å². The van der Waals surface area contributed by atoms with Crippen molar-refractivity contribution < 1.29 is 14.2 Å². The predicted molar refractivity (Wildman–Crippen MR) is 87.7 cm³/mol. The van der Waals surface area contributed by atoms with E-state index in [1.807, 2.05) is 0 Å². The number of hydrogen-bond acceptors (Lipinski definition) is 5. The number of likely N-dealkylation sites (tertiary alicyclic amines) is 1. The van der Waals surface area contributed by atoms with Crippen LogP contribution in [-0.4, -0.2) is 53.5 Å². The Labute approximate surface area is 138 Å². The molecule has 0 aliphatic carbocycles. The second kappa shape index (κ2) is 5.84. The van der Waals surface area contributed by atoms with Crippen LogP contribution in [0.5, 0.6) is 5.75 Å². The average Bonchev–Trinajstić information content (AvgIpc) is 2.93. The molecule has 0 bridgehead atoms. The molecule has 6 nitrogen and oxygen atoms in total. The monoisotopic (exact) mass is 333 g/mol. The van der Waals surface area contributed by atoms with Gasteiger partial charge in [-0.1, -0.05) is 0 Å². The molecule has 3 heterocycles. The van der Waals surface area contributed by atoms with Crippen LogP contribution in [0.2, 0.25) is 0 Å². The number of rotatable bonds is 3. The van der Waals surface area contributed by atoms with E-state index in [2.05, 4.69) is 4.90 Å². The van der Waals surface area contributed by atoms with E-state index < -0.39 is 11.9 Å². The van der Waals surface area contributed by atoms with Crippen molar-refractivity contribution in [3.05, 3.63) is 40.4 Å². The van der Waals surface area contributed by atoms with Gasteiger partial charge in [-0.15, -0.1) is 0 Å². The van der Waals surface area contributed by atoms with Crippen LogP contribution < -0.4 is 16.0 Å². The third kappa shape index (κ3) is 2.40. The lowest BCUT2D eigenvalue weighted by Crippen LogP contribution is -2.39. The van der Waals surface area contributed by atoms with Gasteiger partial charge in [0.25, 0.3) is 5.56 Å². The number of nitrogens with two attached hydrogens (primary N) is 1. The van der Waals surface area contributed by atoms with Crippen molar-refractivity contribution in [3.8, 4) is 5.75 Å². The Balaban J connectivity index is 1.71. The van der Waals surface area contributed by atoms with Crippen LogP contribution in [0.15, 0.2) is 29.1 Å². The van der Waals surface area contributed by atoms with Crippen LogP contribution in [0.4, 0.5) is 4.39 Å². The minimum atomic E-state index is -0.458. The summed E-state index contributed by atoms with van der Waals surface area (Å²) in [5.41, 5.74) is 6.02. The van der Waals surface area contributed by atoms with Crippen LogP contribution in [0, 0.1) is 11.7 Å². The minimum absolute atomic E-state index is 0.0479. The fourth-order valence-corrected chi connectivity index (χ4v) is 3.80. The maximum absolute atomic E-state index is 14.0. The second-order valence-corrected chi connectivity index (χ2v) is 6.60. The molecule has 1 aromatic carbocycles. The maximum Gasteiger partial charge on any atom is 0.251 e. The van der Waals surface area contributed by atoms with Gasteiger partial charge < -0.3 is 15.6 Å². The topological polar surface area (TPSA) is 80.7 Å². The molecular formula is C17H20FN3O3. The summed E-state index contributed by atoms with van der Waals surface area (Å²) in [6.45, 7) is 2.44. The van der Waals surface area contributed by atoms with E-state index in [-0.39, 0.29) is 29.9 Å². The van der Waals surface area contributed by atoms with Crippen molar-refractivity contribution >= 4 is 10.9 Å². The summed E-state index contributed by atoms with van der Waals surface area (Å²) in [5.74, 6) is -0.269. The van der Waals surface area contributed by atoms with Crippen molar-refractivity contribution in [1.29, 1.82) is 0 Å². The van der Waals surface area contributed by atoms with E-state index in [9.17, 15) is 14.3 Å². The first-order valence-corrected chi connectivity index (χ1v) is 8.15. The third-order valence-electron chi connectivity index (χ3n) is 5.04. The van der Waals surface area contributed by atoms with Gasteiger partial charge >= 0.3 is 0 Å². The Kier molecular flexibility index (Phi) is 3.79. The van der Waals surface area contributed by atoms with Crippen LogP contribution >= 0.6 is 0 Å². The Morgan fingerprint density at radius 1 is 1.29 bits per heavy atom. The van der Waals surface area contributed by atoms with Gasteiger partial charge in [-0.05, 0) is 24.7 Å². The molecule has 3 N–H and O–H groups in total. The van der Waals surface area contributed by atoms with E-state index in [1.165, 1.54) is 12.1 Å². The van der Waals surface area contributed by atoms with E-state index >= 15 is 0 Å². The Hall–Kier alpha value is -1.96. The molecule has 2 aliphatic rings. The average molecular weight is 333 g/mol. The number of benzene rings is 1. The summed E-state index contributed by atoms with van der Waals surface area (Å²) >= 11 is 0. The van der Waals surface area contributed by atoms with Gasteiger partial charge in [-0.25, -0.2) is 4.39 Å². The molecule has 0 unspecified atom stereocenters. The van der Waals surface area contributed by atoms with Crippen LogP contribution in [0.1, 0.15) is 6.04 Å². The number of hydrogen-bond donors (Lipinski definition) is 2. The molecule has 1 aromatic heterocycles. The van der Waals surface area contributed by atoms with E-state index in [0.29, 0.717) is 31.7 Å². The van der Waals surface area contributed by atoms with Gasteiger partial charge in [0.15, 0.2) is 11.6 Å². The Morgan fingerprint density at radius 3 is 2.83 bits per heavy atom. The number of halogens is 1. The van der Waals surface area contributed by atoms with Crippen molar-refractivity contribution in [3.63, 3.8) is 0 Å². The molecule has 7 heteroatoms. The Morgan fingerprint density at radius 2 is 2.08 bits per heavy atom. The fourth-order valence-electron chi connectivity index (χ4n) is 3.80. The number of pyridine rings is 1. The van der Waals surface area contributed by atoms with E-state index in [0.717, 1.165) is 5.39 Å². The molecule has 2 aliphatic heterocycles. The van der Waals surface area contributed by atoms with E-state index in [4.69, 9.17) is 10.5 Å². The number of aliphatic hydroxyl groups is 1. The summed E-state index contributed by atoms with van der Waals surface area (Å²) in [6.07, 6.45) is -0.447. The highest BCUT2D eigenvalue weighted by Gasteiger charge is 2.34. The molecule has 0 amide bonds. The normalized spacial score (nSPS) is 26.7. The highest BCUT2D eigenvalue weighted by atomic mass is 19.1. The predicted octanol–water partition coefficient (Wildman–Crippen LogP) is 0.325. The molecule has 24 heavy (non-hydrogen) atoms.